The molecule has 0 aliphatic carbocycles. The summed E-state index contributed by atoms with van der Waals surface area (Å²) in [5.74, 6) is -0.261. The van der Waals surface area contributed by atoms with Gasteiger partial charge >= 0.3 is 6.36 Å². The zero-order chi connectivity index (χ0) is 14.8. The minimum absolute atomic E-state index is 0.261. The van der Waals surface area contributed by atoms with Crippen molar-refractivity contribution >= 4 is 15.9 Å². The van der Waals surface area contributed by atoms with Crippen molar-refractivity contribution in [2.24, 2.45) is 5.73 Å². The van der Waals surface area contributed by atoms with E-state index in [4.69, 9.17) is 5.73 Å². The fourth-order valence-electron chi connectivity index (χ4n) is 1.77. The van der Waals surface area contributed by atoms with Gasteiger partial charge in [-0.1, -0.05) is 40.2 Å². The van der Waals surface area contributed by atoms with E-state index in [1.54, 1.807) is 0 Å². The molecule has 0 aliphatic rings. The van der Waals surface area contributed by atoms with E-state index >= 15 is 0 Å². The van der Waals surface area contributed by atoms with Crippen molar-refractivity contribution in [1.29, 1.82) is 0 Å². The van der Waals surface area contributed by atoms with Crippen LogP contribution in [0.4, 0.5) is 13.2 Å². The van der Waals surface area contributed by atoms with Crippen LogP contribution in [0.1, 0.15) is 17.2 Å². The van der Waals surface area contributed by atoms with E-state index in [0.29, 0.717) is 5.56 Å². The second-order valence-electron chi connectivity index (χ2n) is 4.15. The lowest BCUT2D eigenvalue weighted by Crippen LogP contribution is -2.17. The van der Waals surface area contributed by atoms with Gasteiger partial charge < -0.3 is 10.5 Å². The van der Waals surface area contributed by atoms with Gasteiger partial charge in [-0.15, -0.1) is 13.2 Å². The van der Waals surface area contributed by atoms with Crippen molar-refractivity contribution in [3.8, 4) is 5.75 Å². The lowest BCUT2D eigenvalue weighted by atomic mass is 10.00. The predicted molar refractivity (Wildman–Crippen MR) is 73.3 cm³/mol. The minimum Gasteiger partial charge on any atom is -0.406 e. The molecule has 2 rings (SSSR count). The molecule has 0 heterocycles. The van der Waals surface area contributed by atoms with E-state index in [1.807, 2.05) is 24.3 Å². The van der Waals surface area contributed by atoms with Crippen LogP contribution in [0.5, 0.6) is 5.75 Å². The summed E-state index contributed by atoms with van der Waals surface area (Å²) >= 11 is 3.35. The number of alkyl halides is 3. The van der Waals surface area contributed by atoms with Gasteiger partial charge in [-0.05, 0) is 35.4 Å². The summed E-state index contributed by atoms with van der Waals surface area (Å²) in [5.41, 5.74) is 7.65. The fraction of sp³-hybridized carbons (Fsp3) is 0.143. The molecule has 0 radical (unpaired) electrons. The Morgan fingerprint density at radius 3 is 2.20 bits per heavy atom. The molecule has 1 unspecified atom stereocenters. The molecule has 2 aromatic rings. The van der Waals surface area contributed by atoms with Crippen molar-refractivity contribution in [1.82, 2.24) is 0 Å². The van der Waals surface area contributed by atoms with Crippen LogP contribution in [-0.2, 0) is 0 Å². The van der Waals surface area contributed by atoms with Gasteiger partial charge in [-0.3, -0.25) is 0 Å². The Hall–Kier alpha value is -1.53. The lowest BCUT2D eigenvalue weighted by Gasteiger charge is -2.14. The SMILES string of the molecule is NC(c1ccc(OC(F)(F)F)cc1)c1cccc(Br)c1. The summed E-state index contributed by atoms with van der Waals surface area (Å²) in [6.45, 7) is 0. The highest BCUT2D eigenvalue weighted by Gasteiger charge is 2.31. The average Bonchev–Trinajstić information content (AvgIpc) is 2.37. The molecular formula is C14H11BrF3NO. The van der Waals surface area contributed by atoms with Crippen LogP contribution in [0.15, 0.2) is 53.0 Å². The number of halogens is 4. The van der Waals surface area contributed by atoms with E-state index in [2.05, 4.69) is 20.7 Å². The Kier molecular flexibility index (Phi) is 4.35. The quantitative estimate of drug-likeness (QED) is 0.894. The molecule has 0 amide bonds. The second-order valence-corrected chi connectivity index (χ2v) is 5.07. The maximum absolute atomic E-state index is 12.1. The summed E-state index contributed by atoms with van der Waals surface area (Å²) < 4.78 is 40.9. The van der Waals surface area contributed by atoms with Crippen molar-refractivity contribution < 1.29 is 17.9 Å². The first-order valence-corrected chi connectivity index (χ1v) is 6.51. The molecule has 0 fully saturated rings. The summed E-state index contributed by atoms with van der Waals surface area (Å²) in [7, 11) is 0. The molecule has 0 aliphatic heterocycles. The van der Waals surface area contributed by atoms with Gasteiger partial charge in [0.25, 0.3) is 0 Å². The van der Waals surface area contributed by atoms with E-state index < -0.39 is 12.4 Å². The van der Waals surface area contributed by atoms with Crippen LogP contribution < -0.4 is 10.5 Å². The zero-order valence-corrected chi connectivity index (χ0v) is 11.8. The molecule has 0 bridgehead atoms. The summed E-state index contributed by atoms with van der Waals surface area (Å²) in [5, 5.41) is 0. The molecule has 20 heavy (non-hydrogen) atoms. The molecule has 0 saturated carbocycles. The smallest absolute Gasteiger partial charge is 0.406 e. The normalized spacial score (nSPS) is 13.1. The average molecular weight is 346 g/mol. The van der Waals surface area contributed by atoms with E-state index in [0.717, 1.165) is 10.0 Å². The second kappa shape index (κ2) is 5.85. The zero-order valence-electron chi connectivity index (χ0n) is 10.2. The van der Waals surface area contributed by atoms with Crippen molar-refractivity contribution in [2.45, 2.75) is 12.4 Å². The number of benzene rings is 2. The highest BCUT2D eigenvalue weighted by atomic mass is 79.9. The van der Waals surface area contributed by atoms with Gasteiger partial charge in [0.2, 0.25) is 0 Å². The number of nitrogens with two attached hydrogens (primary N) is 1. The largest absolute Gasteiger partial charge is 0.573 e. The fourth-order valence-corrected chi connectivity index (χ4v) is 2.19. The topological polar surface area (TPSA) is 35.2 Å². The predicted octanol–water partition coefficient (Wildman–Crippen LogP) is 4.40. The summed E-state index contributed by atoms with van der Waals surface area (Å²) in [6, 6.07) is 12.6. The first-order chi connectivity index (χ1) is 9.35. The van der Waals surface area contributed by atoms with Gasteiger partial charge in [0.15, 0.2) is 0 Å². The van der Waals surface area contributed by atoms with Crippen LogP contribution in [0.25, 0.3) is 0 Å². The molecule has 2 N–H and O–H groups in total. The van der Waals surface area contributed by atoms with E-state index in [9.17, 15) is 13.2 Å². The van der Waals surface area contributed by atoms with Gasteiger partial charge in [-0.2, -0.15) is 0 Å². The molecule has 0 saturated heterocycles. The standard InChI is InChI=1S/C14H11BrF3NO/c15-11-3-1-2-10(8-11)13(19)9-4-6-12(7-5-9)20-14(16,17)18/h1-8,13H,19H2. The molecule has 0 spiro atoms. The van der Waals surface area contributed by atoms with Crippen LogP contribution in [-0.4, -0.2) is 6.36 Å². The number of rotatable bonds is 3. The van der Waals surface area contributed by atoms with E-state index in [1.165, 1.54) is 24.3 Å². The van der Waals surface area contributed by atoms with Crippen LogP contribution >= 0.6 is 15.9 Å². The van der Waals surface area contributed by atoms with Gasteiger partial charge in [-0.25, -0.2) is 0 Å². The maximum Gasteiger partial charge on any atom is 0.573 e. The molecule has 106 valence electrons. The monoisotopic (exact) mass is 345 g/mol. The maximum atomic E-state index is 12.1. The van der Waals surface area contributed by atoms with Crippen molar-refractivity contribution in [3.05, 3.63) is 64.1 Å². The number of ether oxygens (including phenoxy) is 1. The third kappa shape index (κ3) is 3.98. The van der Waals surface area contributed by atoms with Crippen LogP contribution in [0.3, 0.4) is 0 Å². The van der Waals surface area contributed by atoms with Gasteiger partial charge in [0, 0.05) is 4.47 Å². The van der Waals surface area contributed by atoms with Gasteiger partial charge in [0.05, 0.1) is 6.04 Å². The highest BCUT2D eigenvalue weighted by Crippen LogP contribution is 2.26. The Bertz CT molecular complexity index is 584. The number of hydrogen-bond acceptors (Lipinski definition) is 2. The number of hydrogen-bond donors (Lipinski definition) is 1. The first kappa shape index (κ1) is 14.9. The van der Waals surface area contributed by atoms with E-state index in [-0.39, 0.29) is 5.75 Å². The molecule has 2 aromatic carbocycles. The van der Waals surface area contributed by atoms with Crippen LogP contribution in [0, 0.1) is 0 Å². The third-order valence-electron chi connectivity index (χ3n) is 2.68. The Labute approximate surface area is 122 Å². The minimum atomic E-state index is -4.69. The van der Waals surface area contributed by atoms with Crippen molar-refractivity contribution in [2.75, 3.05) is 0 Å². The first-order valence-electron chi connectivity index (χ1n) is 5.72. The van der Waals surface area contributed by atoms with Crippen LogP contribution in [0.2, 0.25) is 0 Å². The Balaban J connectivity index is 2.17. The lowest BCUT2D eigenvalue weighted by molar-refractivity contribution is -0.274. The Morgan fingerprint density at radius 1 is 1.00 bits per heavy atom. The Morgan fingerprint density at radius 2 is 1.65 bits per heavy atom. The van der Waals surface area contributed by atoms with Gasteiger partial charge in [0.1, 0.15) is 5.75 Å². The third-order valence-corrected chi connectivity index (χ3v) is 3.17. The van der Waals surface area contributed by atoms with Crippen molar-refractivity contribution in [3.63, 3.8) is 0 Å². The molecule has 2 nitrogen and oxygen atoms in total. The molecule has 1 atom stereocenters. The summed E-state index contributed by atoms with van der Waals surface area (Å²) in [6.07, 6.45) is -4.69. The summed E-state index contributed by atoms with van der Waals surface area (Å²) in [4.78, 5) is 0. The molecule has 0 aromatic heterocycles. The molecule has 6 heteroatoms. The highest BCUT2D eigenvalue weighted by molar-refractivity contribution is 9.10. The molecular weight excluding hydrogens is 335 g/mol.